The summed E-state index contributed by atoms with van der Waals surface area (Å²) in [7, 11) is -1.98. The Kier molecular flexibility index (Phi) is 7.28. The molecule has 1 aliphatic heterocycles. The molecular weight excluding hydrogens is 326 g/mol. The molecule has 0 spiro atoms. The maximum absolute atomic E-state index is 12.2. The quantitative estimate of drug-likeness (QED) is 0.733. The van der Waals surface area contributed by atoms with Crippen LogP contribution in [0.5, 0.6) is 0 Å². The summed E-state index contributed by atoms with van der Waals surface area (Å²) in [6.07, 6.45) is 2.11. The van der Waals surface area contributed by atoms with Crippen molar-refractivity contribution in [2.45, 2.75) is 17.7 Å². The van der Waals surface area contributed by atoms with Crippen molar-refractivity contribution >= 4 is 28.3 Å². The van der Waals surface area contributed by atoms with E-state index in [0.29, 0.717) is 18.0 Å². The van der Waals surface area contributed by atoms with E-state index in [1.54, 1.807) is 0 Å². The fraction of sp³-hybridized carbons (Fsp3) is 0.500. The van der Waals surface area contributed by atoms with E-state index < -0.39 is 10.0 Å². The van der Waals surface area contributed by atoms with Gasteiger partial charge in [0.25, 0.3) is 5.91 Å². The number of sulfonamides is 1. The van der Waals surface area contributed by atoms with Gasteiger partial charge >= 0.3 is 0 Å². The Hall–Kier alpha value is -1.15. The molecule has 1 atom stereocenters. The molecule has 1 fully saturated rings. The van der Waals surface area contributed by atoms with Crippen LogP contribution in [0.4, 0.5) is 0 Å². The summed E-state index contributed by atoms with van der Waals surface area (Å²) in [5.74, 6) is 0.0962. The second-order valence-corrected chi connectivity index (χ2v) is 6.93. The number of carbonyl (C=O) groups excluding carboxylic acids is 1. The Morgan fingerprint density at radius 2 is 2.00 bits per heavy atom. The van der Waals surface area contributed by atoms with Crippen molar-refractivity contribution in [1.29, 1.82) is 0 Å². The number of benzene rings is 1. The van der Waals surface area contributed by atoms with E-state index in [1.807, 2.05) is 0 Å². The second-order valence-electron chi connectivity index (χ2n) is 5.17. The van der Waals surface area contributed by atoms with Gasteiger partial charge in [0, 0.05) is 19.2 Å². The first kappa shape index (κ1) is 18.9. The minimum atomic E-state index is -3.52. The third-order valence-electron chi connectivity index (χ3n) is 3.61. The average Bonchev–Trinajstić information content (AvgIpc) is 2.53. The molecule has 22 heavy (non-hydrogen) atoms. The smallest absolute Gasteiger partial charge is 0.251 e. The minimum Gasteiger partial charge on any atom is -0.355 e. The summed E-state index contributed by atoms with van der Waals surface area (Å²) in [5, 5.41) is 5.75. The summed E-state index contributed by atoms with van der Waals surface area (Å²) < 4.78 is 27.0. The van der Waals surface area contributed by atoms with Gasteiger partial charge in [0.2, 0.25) is 10.0 Å². The molecule has 1 aromatic carbocycles. The Morgan fingerprint density at radius 1 is 1.32 bits per heavy atom. The van der Waals surface area contributed by atoms with Gasteiger partial charge in [0.1, 0.15) is 0 Å². The normalized spacial score (nSPS) is 18.3. The lowest BCUT2D eigenvalue weighted by molar-refractivity contribution is 0.0963. The van der Waals surface area contributed by atoms with Crippen LogP contribution in [0.3, 0.4) is 0 Å². The molecule has 6 nitrogen and oxygen atoms in total. The van der Waals surface area contributed by atoms with Gasteiger partial charge in [0.05, 0.1) is 4.90 Å². The van der Waals surface area contributed by atoms with E-state index in [9.17, 15) is 13.2 Å². The number of rotatable bonds is 5. The van der Waals surface area contributed by atoms with Gasteiger partial charge in [-0.15, -0.1) is 12.4 Å². The van der Waals surface area contributed by atoms with Gasteiger partial charge in [-0.25, -0.2) is 13.1 Å². The SMILES string of the molecule is CNC(=O)c1ccc(S(=O)(=O)NCC2CCCNC2)cc1.Cl. The highest BCUT2D eigenvalue weighted by Gasteiger charge is 2.18. The first-order chi connectivity index (χ1) is 10.0. The second kappa shape index (κ2) is 8.47. The monoisotopic (exact) mass is 347 g/mol. The lowest BCUT2D eigenvalue weighted by atomic mass is 10.0. The predicted molar refractivity (Wildman–Crippen MR) is 87.9 cm³/mol. The summed E-state index contributed by atoms with van der Waals surface area (Å²) in [4.78, 5) is 11.6. The minimum absolute atomic E-state index is 0. The molecule has 0 radical (unpaired) electrons. The lowest BCUT2D eigenvalue weighted by Gasteiger charge is -2.22. The molecule has 1 saturated heterocycles. The van der Waals surface area contributed by atoms with E-state index in [2.05, 4.69) is 15.4 Å². The van der Waals surface area contributed by atoms with Gasteiger partial charge in [-0.2, -0.15) is 0 Å². The predicted octanol–water partition coefficient (Wildman–Crippen LogP) is 0.746. The van der Waals surface area contributed by atoms with Crippen LogP contribution in [0.1, 0.15) is 23.2 Å². The zero-order valence-corrected chi connectivity index (χ0v) is 14.1. The maximum atomic E-state index is 12.2. The zero-order chi connectivity index (χ0) is 15.3. The van der Waals surface area contributed by atoms with Crippen LogP contribution in [-0.2, 0) is 10.0 Å². The van der Waals surface area contributed by atoms with Gasteiger partial charge in [0.15, 0.2) is 0 Å². The van der Waals surface area contributed by atoms with Crippen molar-refractivity contribution in [2.24, 2.45) is 5.92 Å². The van der Waals surface area contributed by atoms with Crippen molar-refractivity contribution < 1.29 is 13.2 Å². The molecular formula is C14H22ClN3O3S. The molecule has 1 aliphatic rings. The largest absolute Gasteiger partial charge is 0.355 e. The molecule has 2 rings (SSSR count). The molecule has 0 saturated carbocycles. The molecule has 0 bridgehead atoms. The summed E-state index contributed by atoms with van der Waals surface area (Å²) in [6, 6.07) is 5.92. The van der Waals surface area contributed by atoms with Crippen molar-refractivity contribution in [3.8, 4) is 0 Å². The van der Waals surface area contributed by atoms with Crippen LogP contribution >= 0.6 is 12.4 Å². The van der Waals surface area contributed by atoms with Gasteiger partial charge < -0.3 is 10.6 Å². The first-order valence-corrected chi connectivity index (χ1v) is 8.54. The molecule has 1 unspecified atom stereocenters. The number of halogens is 1. The number of carbonyl (C=O) groups is 1. The third kappa shape index (κ3) is 4.95. The molecule has 3 N–H and O–H groups in total. The van der Waals surface area contributed by atoms with Gasteiger partial charge in [-0.05, 0) is 56.1 Å². The molecule has 0 aromatic heterocycles. The fourth-order valence-electron chi connectivity index (χ4n) is 2.34. The van der Waals surface area contributed by atoms with E-state index >= 15 is 0 Å². The summed E-state index contributed by atoms with van der Waals surface area (Å²) in [6.45, 7) is 2.29. The van der Waals surface area contributed by atoms with Crippen LogP contribution in [0.2, 0.25) is 0 Å². The third-order valence-corrected chi connectivity index (χ3v) is 5.05. The Bertz CT molecular complexity index is 584. The number of piperidine rings is 1. The highest BCUT2D eigenvalue weighted by atomic mass is 35.5. The van der Waals surface area contributed by atoms with Crippen LogP contribution < -0.4 is 15.4 Å². The van der Waals surface area contributed by atoms with Crippen molar-refractivity contribution in [3.63, 3.8) is 0 Å². The highest BCUT2D eigenvalue weighted by Crippen LogP contribution is 2.13. The molecule has 1 aromatic rings. The van der Waals surface area contributed by atoms with Crippen LogP contribution in [0.15, 0.2) is 29.2 Å². The van der Waals surface area contributed by atoms with E-state index in [-0.39, 0.29) is 23.2 Å². The topological polar surface area (TPSA) is 87.3 Å². The van der Waals surface area contributed by atoms with Crippen molar-refractivity contribution in [2.75, 3.05) is 26.7 Å². The number of hydrogen-bond donors (Lipinski definition) is 3. The average molecular weight is 348 g/mol. The number of amides is 1. The Morgan fingerprint density at radius 3 is 2.55 bits per heavy atom. The summed E-state index contributed by atoms with van der Waals surface area (Å²) >= 11 is 0. The first-order valence-electron chi connectivity index (χ1n) is 7.05. The molecule has 124 valence electrons. The van der Waals surface area contributed by atoms with E-state index in [1.165, 1.54) is 31.3 Å². The van der Waals surface area contributed by atoms with E-state index in [4.69, 9.17) is 0 Å². The summed E-state index contributed by atoms with van der Waals surface area (Å²) in [5.41, 5.74) is 0.438. The van der Waals surface area contributed by atoms with E-state index in [0.717, 1.165) is 25.9 Å². The fourth-order valence-corrected chi connectivity index (χ4v) is 3.46. The van der Waals surface area contributed by atoms with Gasteiger partial charge in [-0.3, -0.25) is 4.79 Å². The zero-order valence-electron chi connectivity index (χ0n) is 12.5. The van der Waals surface area contributed by atoms with Crippen LogP contribution in [0, 0.1) is 5.92 Å². The van der Waals surface area contributed by atoms with Crippen LogP contribution in [0.25, 0.3) is 0 Å². The highest BCUT2D eigenvalue weighted by molar-refractivity contribution is 7.89. The molecule has 8 heteroatoms. The lowest BCUT2D eigenvalue weighted by Crippen LogP contribution is -2.38. The van der Waals surface area contributed by atoms with Crippen LogP contribution in [-0.4, -0.2) is 41.0 Å². The standard InChI is InChI=1S/C14H21N3O3S.ClH/c1-15-14(18)12-4-6-13(7-5-12)21(19,20)17-10-11-3-2-8-16-9-11;/h4-7,11,16-17H,2-3,8-10H2,1H3,(H,15,18);1H. The van der Waals surface area contributed by atoms with Crippen molar-refractivity contribution in [3.05, 3.63) is 29.8 Å². The molecule has 0 aliphatic carbocycles. The van der Waals surface area contributed by atoms with Gasteiger partial charge in [-0.1, -0.05) is 0 Å². The number of nitrogens with one attached hydrogen (secondary N) is 3. The Labute approximate surface area is 137 Å². The molecule has 1 heterocycles. The van der Waals surface area contributed by atoms with Crippen molar-refractivity contribution in [1.82, 2.24) is 15.4 Å². The maximum Gasteiger partial charge on any atom is 0.251 e. The molecule has 1 amide bonds. The Balaban J connectivity index is 0.00000242. The number of hydrogen-bond acceptors (Lipinski definition) is 4.